The summed E-state index contributed by atoms with van der Waals surface area (Å²) < 4.78 is 4.43. The number of pyridine rings is 1. The van der Waals surface area contributed by atoms with Crippen LogP contribution in [0.5, 0.6) is 0 Å². The van der Waals surface area contributed by atoms with Crippen LogP contribution in [-0.4, -0.2) is 16.3 Å². The molecule has 29 heavy (non-hydrogen) atoms. The van der Waals surface area contributed by atoms with Gasteiger partial charge in [-0.1, -0.05) is 50.3 Å². The molecule has 0 unspecified atom stereocenters. The molecule has 0 saturated carbocycles. The predicted octanol–water partition coefficient (Wildman–Crippen LogP) is 5.30. The molecule has 0 aliphatic heterocycles. The molecule has 0 bridgehead atoms. The van der Waals surface area contributed by atoms with Crippen LogP contribution >= 0.6 is 0 Å². The number of aryl methyl sites for hydroxylation is 2. The van der Waals surface area contributed by atoms with Crippen molar-refractivity contribution in [1.82, 2.24) is 4.57 Å². The molecule has 0 fully saturated rings. The van der Waals surface area contributed by atoms with Crippen molar-refractivity contribution in [3.05, 3.63) is 77.6 Å². The lowest BCUT2D eigenvalue weighted by Crippen LogP contribution is -2.34. The zero-order chi connectivity index (χ0) is 20.4. The van der Waals surface area contributed by atoms with E-state index in [1.54, 1.807) is 0 Å². The summed E-state index contributed by atoms with van der Waals surface area (Å²) in [5, 5.41) is 11.7. The molecule has 1 N–H and O–H groups in total. The minimum atomic E-state index is 0.211. The molecule has 0 aliphatic carbocycles. The monoisotopic (exact) mass is 385 g/mol. The lowest BCUT2D eigenvalue weighted by atomic mass is 10.0. The number of nitrogens with zero attached hydrogens (tertiary/aromatic N) is 2. The molecular weight excluding hydrogens is 356 g/mol. The quantitative estimate of drug-likeness (QED) is 0.449. The lowest BCUT2D eigenvalue weighted by molar-refractivity contribution is -0.672. The summed E-state index contributed by atoms with van der Waals surface area (Å²) in [5.74, 6) is 0.529. The van der Waals surface area contributed by atoms with Crippen molar-refractivity contribution in [3.8, 4) is 0 Å². The average Bonchev–Trinajstić information content (AvgIpc) is 3.06. The Balaban J connectivity index is 1.74. The van der Waals surface area contributed by atoms with E-state index in [2.05, 4.69) is 103 Å². The molecule has 2 aromatic carbocycles. The predicted molar refractivity (Wildman–Crippen MR) is 122 cm³/mol. The Bertz CT molecular complexity index is 1180. The fourth-order valence-electron chi connectivity index (χ4n) is 3.99. The van der Waals surface area contributed by atoms with Gasteiger partial charge in [-0.05, 0) is 34.7 Å². The van der Waals surface area contributed by atoms with Crippen molar-refractivity contribution in [1.29, 1.82) is 0 Å². The number of aliphatic hydroxyl groups is 1. The number of benzene rings is 2. The third-order valence-corrected chi connectivity index (χ3v) is 5.67. The normalized spacial score (nSPS) is 12.0. The van der Waals surface area contributed by atoms with E-state index in [0.29, 0.717) is 5.92 Å². The number of para-hydroxylation sites is 1. The van der Waals surface area contributed by atoms with Gasteiger partial charge in [-0.3, -0.25) is 0 Å². The fourth-order valence-corrected chi connectivity index (χ4v) is 3.99. The molecule has 0 radical (unpaired) electrons. The van der Waals surface area contributed by atoms with Crippen molar-refractivity contribution in [2.75, 3.05) is 6.61 Å². The molecule has 2 aromatic heterocycles. The van der Waals surface area contributed by atoms with Gasteiger partial charge in [-0.25, -0.2) is 0 Å². The Morgan fingerprint density at radius 2 is 1.79 bits per heavy atom. The van der Waals surface area contributed by atoms with E-state index >= 15 is 0 Å². The minimum Gasteiger partial charge on any atom is -0.396 e. The molecule has 2 heterocycles. The molecule has 4 aromatic rings. The molecule has 0 atom stereocenters. The molecule has 4 rings (SSSR count). The summed E-state index contributed by atoms with van der Waals surface area (Å²) in [5.41, 5.74) is 6.28. The van der Waals surface area contributed by atoms with Crippen molar-refractivity contribution >= 4 is 34.0 Å². The van der Waals surface area contributed by atoms with E-state index in [1.807, 2.05) is 0 Å². The number of fused-ring (bicyclic) bond motifs is 2. The highest BCUT2D eigenvalue weighted by molar-refractivity contribution is 5.95. The van der Waals surface area contributed by atoms with Gasteiger partial charge in [0.1, 0.15) is 0 Å². The van der Waals surface area contributed by atoms with Crippen LogP contribution in [0.4, 0.5) is 0 Å². The highest BCUT2D eigenvalue weighted by Crippen LogP contribution is 2.27. The number of rotatable bonds is 6. The van der Waals surface area contributed by atoms with Crippen LogP contribution in [0.1, 0.15) is 42.9 Å². The molecular formula is C26H29N2O+. The van der Waals surface area contributed by atoms with E-state index in [-0.39, 0.29) is 6.61 Å². The second-order valence-electron chi connectivity index (χ2n) is 8.02. The standard InChI is InChI=1S/C26H29N2O/c1-19(2)21-11-12-24-22(18-27(3)26(24)17-21)10-9-20-13-15-28(14-6-16-29)25-8-5-4-7-23(20)25/h4-5,7-13,15,17-19,29H,6,14,16H2,1-3H3/q+1. The first-order valence-corrected chi connectivity index (χ1v) is 10.4. The van der Waals surface area contributed by atoms with Crippen molar-refractivity contribution < 1.29 is 9.67 Å². The Morgan fingerprint density at radius 1 is 1.00 bits per heavy atom. The molecule has 3 nitrogen and oxygen atoms in total. The van der Waals surface area contributed by atoms with Crippen LogP contribution in [-0.2, 0) is 13.6 Å². The number of hydrogen-bond donors (Lipinski definition) is 1. The van der Waals surface area contributed by atoms with Gasteiger partial charge in [-0.2, -0.15) is 4.57 Å². The zero-order valence-electron chi connectivity index (χ0n) is 17.5. The third-order valence-electron chi connectivity index (χ3n) is 5.67. The van der Waals surface area contributed by atoms with Crippen molar-refractivity contribution in [2.45, 2.75) is 32.7 Å². The number of hydrogen-bond acceptors (Lipinski definition) is 1. The summed E-state index contributed by atoms with van der Waals surface area (Å²) in [7, 11) is 2.12. The van der Waals surface area contributed by atoms with Gasteiger partial charge in [-0.15, -0.1) is 0 Å². The van der Waals surface area contributed by atoms with Gasteiger partial charge in [0.05, 0.1) is 5.39 Å². The molecule has 0 amide bonds. The summed E-state index contributed by atoms with van der Waals surface area (Å²) in [6.45, 7) is 5.50. The highest BCUT2D eigenvalue weighted by Gasteiger charge is 2.11. The summed E-state index contributed by atoms with van der Waals surface area (Å²) in [4.78, 5) is 0. The number of aliphatic hydroxyl groups excluding tert-OH is 1. The van der Waals surface area contributed by atoms with Crippen LogP contribution in [0.3, 0.4) is 0 Å². The molecule has 3 heteroatoms. The highest BCUT2D eigenvalue weighted by atomic mass is 16.3. The number of aromatic nitrogens is 2. The van der Waals surface area contributed by atoms with Crippen LogP contribution in [0.15, 0.2) is 60.9 Å². The molecule has 0 spiro atoms. The molecule has 148 valence electrons. The van der Waals surface area contributed by atoms with Gasteiger partial charge >= 0.3 is 0 Å². The summed E-state index contributed by atoms with van der Waals surface area (Å²) in [6.07, 6.45) is 9.52. The Kier molecular flexibility index (Phi) is 5.50. The first kappa shape index (κ1) is 19.4. The maximum Gasteiger partial charge on any atom is 0.213 e. The minimum absolute atomic E-state index is 0.211. The van der Waals surface area contributed by atoms with Crippen molar-refractivity contribution in [2.24, 2.45) is 7.05 Å². The summed E-state index contributed by atoms with van der Waals surface area (Å²) >= 11 is 0. The van der Waals surface area contributed by atoms with Gasteiger partial charge in [0.15, 0.2) is 12.7 Å². The van der Waals surface area contributed by atoms with E-state index in [4.69, 9.17) is 0 Å². The SMILES string of the molecule is CC(C)c1ccc2c(/C=C/c3cc[n+](CCCO)c4ccccc34)cn(C)c2c1. The Hall–Kier alpha value is -2.91. The van der Waals surface area contributed by atoms with Gasteiger partial charge in [0, 0.05) is 49.3 Å². The largest absolute Gasteiger partial charge is 0.396 e. The maximum absolute atomic E-state index is 9.17. The van der Waals surface area contributed by atoms with E-state index in [0.717, 1.165) is 13.0 Å². The van der Waals surface area contributed by atoms with Gasteiger partial charge < -0.3 is 9.67 Å². The molecule has 0 saturated heterocycles. The van der Waals surface area contributed by atoms with Gasteiger partial charge in [0.25, 0.3) is 0 Å². The summed E-state index contributed by atoms with van der Waals surface area (Å²) in [6, 6.07) is 17.4. The van der Waals surface area contributed by atoms with Crippen LogP contribution in [0.25, 0.3) is 34.0 Å². The second-order valence-corrected chi connectivity index (χ2v) is 8.02. The Labute approximate surface area is 172 Å². The van der Waals surface area contributed by atoms with E-state index < -0.39 is 0 Å². The first-order valence-electron chi connectivity index (χ1n) is 10.4. The first-order chi connectivity index (χ1) is 14.1. The second kappa shape index (κ2) is 8.22. The van der Waals surface area contributed by atoms with Gasteiger partial charge in [0.2, 0.25) is 5.52 Å². The lowest BCUT2D eigenvalue weighted by Gasteiger charge is -2.06. The smallest absolute Gasteiger partial charge is 0.213 e. The average molecular weight is 386 g/mol. The third kappa shape index (κ3) is 3.83. The topological polar surface area (TPSA) is 29.0 Å². The van der Waals surface area contributed by atoms with E-state index in [9.17, 15) is 5.11 Å². The van der Waals surface area contributed by atoms with Crippen molar-refractivity contribution in [3.63, 3.8) is 0 Å². The zero-order valence-corrected chi connectivity index (χ0v) is 17.5. The van der Waals surface area contributed by atoms with Crippen LogP contribution in [0.2, 0.25) is 0 Å². The van der Waals surface area contributed by atoms with Crippen LogP contribution in [0, 0.1) is 0 Å². The fraction of sp³-hybridized carbons (Fsp3) is 0.269. The maximum atomic E-state index is 9.17. The van der Waals surface area contributed by atoms with E-state index in [1.165, 1.54) is 38.5 Å². The Morgan fingerprint density at radius 3 is 2.59 bits per heavy atom. The van der Waals surface area contributed by atoms with Crippen LogP contribution < -0.4 is 4.57 Å². The molecule has 0 aliphatic rings.